The number of hydrogen-bond acceptors (Lipinski definition) is 3. The summed E-state index contributed by atoms with van der Waals surface area (Å²) >= 11 is 0. The van der Waals surface area contributed by atoms with Crippen molar-refractivity contribution in [1.29, 1.82) is 5.26 Å². The van der Waals surface area contributed by atoms with E-state index in [1.54, 1.807) is 24.3 Å². The van der Waals surface area contributed by atoms with Crippen LogP contribution in [0.25, 0.3) is 0 Å². The smallest absolute Gasteiger partial charge is 0.251 e. The molecule has 18 heavy (non-hydrogen) atoms. The largest absolute Gasteiger partial charge is 0.352 e. The molecule has 4 nitrogen and oxygen atoms in total. The van der Waals surface area contributed by atoms with Crippen molar-refractivity contribution in [3.63, 3.8) is 0 Å². The van der Waals surface area contributed by atoms with Gasteiger partial charge in [0.2, 0.25) is 0 Å². The minimum absolute atomic E-state index is 0.0793. The average molecular weight is 245 g/mol. The summed E-state index contributed by atoms with van der Waals surface area (Å²) in [5.74, 6) is -0.0793. The molecule has 1 aromatic carbocycles. The summed E-state index contributed by atoms with van der Waals surface area (Å²) in [6.07, 6.45) is 2.04. The molecule has 0 atom stereocenters. The van der Waals surface area contributed by atoms with Crippen LogP contribution in [0.3, 0.4) is 0 Å². The van der Waals surface area contributed by atoms with E-state index in [0.717, 1.165) is 19.4 Å². The Morgan fingerprint density at radius 1 is 1.28 bits per heavy atom. The predicted octanol–water partition coefficient (Wildman–Crippen LogP) is 1.63. The van der Waals surface area contributed by atoms with Crippen molar-refractivity contribution >= 4 is 5.91 Å². The predicted molar refractivity (Wildman–Crippen MR) is 71.3 cm³/mol. The van der Waals surface area contributed by atoms with Crippen molar-refractivity contribution in [1.82, 2.24) is 10.2 Å². The van der Waals surface area contributed by atoms with Gasteiger partial charge in [-0.15, -0.1) is 0 Å². The molecule has 0 saturated carbocycles. The fourth-order valence-corrected chi connectivity index (χ4v) is 1.55. The first-order chi connectivity index (χ1) is 8.63. The molecule has 1 aromatic rings. The SMILES string of the molecule is CN(C)CCCCNC(=O)c1ccc(C#N)cc1. The van der Waals surface area contributed by atoms with E-state index in [9.17, 15) is 4.79 Å². The van der Waals surface area contributed by atoms with Crippen LogP contribution in [0.2, 0.25) is 0 Å². The first-order valence-electron chi connectivity index (χ1n) is 6.06. The van der Waals surface area contributed by atoms with Gasteiger partial charge in [-0.1, -0.05) is 0 Å². The lowest BCUT2D eigenvalue weighted by molar-refractivity contribution is 0.0953. The Morgan fingerprint density at radius 3 is 2.50 bits per heavy atom. The molecule has 0 fully saturated rings. The van der Waals surface area contributed by atoms with Crippen LogP contribution in [0.4, 0.5) is 0 Å². The molecular weight excluding hydrogens is 226 g/mol. The molecule has 96 valence electrons. The molecule has 1 amide bonds. The third kappa shape index (κ3) is 4.98. The molecule has 0 aromatic heterocycles. The van der Waals surface area contributed by atoms with Gasteiger partial charge in [-0.05, 0) is 57.7 Å². The van der Waals surface area contributed by atoms with Gasteiger partial charge >= 0.3 is 0 Å². The summed E-state index contributed by atoms with van der Waals surface area (Å²) in [7, 11) is 4.07. The number of carbonyl (C=O) groups is 1. The number of unbranched alkanes of at least 4 members (excludes halogenated alkanes) is 1. The van der Waals surface area contributed by atoms with E-state index in [2.05, 4.69) is 10.2 Å². The number of hydrogen-bond donors (Lipinski definition) is 1. The Labute approximate surface area is 108 Å². The molecule has 0 aliphatic heterocycles. The highest BCUT2D eigenvalue weighted by Crippen LogP contribution is 2.03. The lowest BCUT2D eigenvalue weighted by atomic mass is 10.1. The highest BCUT2D eigenvalue weighted by molar-refractivity contribution is 5.94. The summed E-state index contributed by atoms with van der Waals surface area (Å²) in [6, 6.07) is 8.68. The van der Waals surface area contributed by atoms with Gasteiger partial charge in [0.25, 0.3) is 5.91 Å². The van der Waals surface area contributed by atoms with E-state index < -0.39 is 0 Å². The first-order valence-corrected chi connectivity index (χ1v) is 6.06. The number of nitriles is 1. The van der Waals surface area contributed by atoms with E-state index in [1.807, 2.05) is 20.2 Å². The molecule has 0 aliphatic carbocycles. The Morgan fingerprint density at radius 2 is 1.94 bits per heavy atom. The molecule has 0 spiro atoms. The van der Waals surface area contributed by atoms with Gasteiger partial charge in [-0.2, -0.15) is 5.26 Å². The van der Waals surface area contributed by atoms with E-state index >= 15 is 0 Å². The standard InChI is InChI=1S/C14H19N3O/c1-17(2)10-4-3-9-16-14(18)13-7-5-12(11-15)6-8-13/h5-8H,3-4,9-10H2,1-2H3,(H,16,18). The zero-order chi connectivity index (χ0) is 13.4. The van der Waals surface area contributed by atoms with Crippen LogP contribution >= 0.6 is 0 Å². The van der Waals surface area contributed by atoms with Gasteiger partial charge in [-0.25, -0.2) is 0 Å². The average Bonchev–Trinajstić information content (AvgIpc) is 2.38. The molecule has 0 heterocycles. The van der Waals surface area contributed by atoms with E-state index in [0.29, 0.717) is 17.7 Å². The van der Waals surface area contributed by atoms with Gasteiger partial charge in [0.05, 0.1) is 11.6 Å². The summed E-state index contributed by atoms with van der Waals surface area (Å²) in [5, 5.41) is 11.5. The second-order valence-corrected chi connectivity index (χ2v) is 4.46. The molecule has 4 heteroatoms. The maximum atomic E-state index is 11.7. The Hall–Kier alpha value is -1.86. The van der Waals surface area contributed by atoms with Gasteiger partial charge in [-0.3, -0.25) is 4.79 Å². The first kappa shape index (κ1) is 14.2. The molecule has 0 aliphatic rings. The monoisotopic (exact) mass is 245 g/mol. The second-order valence-electron chi connectivity index (χ2n) is 4.46. The zero-order valence-corrected chi connectivity index (χ0v) is 10.9. The van der Waals surface area contributed by atoms with Crippen molar-refractivity contribution in [3.8, 4) is 6.07 Å². The number of nitrogens with one attached hydrogen (secondary N) is 1. The molecule has 0 unspecified atom stereocenters. The van der Waals surface area contributed by atoms with Crippen molar-refractivity contribution in [2.75, 3.05) is 27.2 Å². The summed E-state index contributed by atoms with van der Waals surface area (Å²) < 4.78 is 0. The van der Waals surface area contributed by atoms with E-state index in [1.165, 1.54) is 0 Å². The number of amides is 1. The van der Waals surface area contributed by atoms with Gasteiger partial charge in [0.1, 0.15) is 0 Å². The van der Waals surface area contributed by atoms with Crippen molar-refractivity contribution in [3.05, 3.63) is 35.4 Å². The number of carbonyl (C=O) groups excluding carboxylic acids is 1. The van der Waals surface area contributed by atoms with Gasteiger partial charge < -0.3 is 10.2 Å². The highest BCUT2D eigenvalue weighted by Gasteiger charge is 2.04. The third-order valence-electron chi connectivity index (χ3n) is 2.59. The molecule has 0 saturated heterocycles. The maximum absolute atomic E-state index is 11.7. The lowest BCUT2D eigenvalue weighted by Crippen LogP contribution is -2.25. The molecule has 0 radical (unpaired) electrons. The van der Waals surface area contributed by atoms with Crippen LogP contribution in [0.1, 0.15) is 28.8 Å². The van der Waals surface area contributed by atoms with Crippen molar-refractivity contribution < 1.29 is 4.79 Å². The van der Waals surface area contributed by atoms with Gasteiger partial charge in [0.15, 0.2) is 0 Å². The second kappa shape index (κ2) is 7.46. The van der Waals surface area contributed by atoms with E-state index in [4.69, 9.17) is 5.26 Å². The molecule has 1 rings (SSSR count). The Bertz CT molecular complexity index is 418. The minimum atomic E-state index is -0.0793. The van der Waals surface area contributed by atoms with Crippen LogP contribution < -0.4 is 5.32 Å². The fraction of sp³-hybridized carbons (Fsp3) is 0.429. The zero-order valence-electron chi connectivity index (χ0n) is 10.9. The Kier molecular flexibility index (Phi) is 5.89. The van der Waals surface area contributed by atoms with Crippen molar-refractivity contribution in [2.45, 2.75) is 12.8 Å². The van der Waals surface area contributed by atoms with Crippen LogP contribution in [0, 0.1) is 11.3 Å². The van der Waals surface area contributed by atoms with Crippen LogP contribution in [-0.4, -0.2) is 38.0 Å². The van der Waals surface area contributed by atoms with E-state index in [-0.39, 0.29) is 5.91 Å². The summed E-state index contributed by atoms with van der Waals surface area (Å²) in [6.45, 7) is 1.72. The number of rotatable bonds is 6. The third-order valence-corrected chi connectivity index (χ3v) is 2.59. The minimum Gasteiger partial charge on any atom is -0.352 e. The Balaban J connectivity index is 2.30. The topological polar surface area (TPSA) is 56.1 Å². The van der Waals surface area contributed by atoms with Gasteiger partial charge in [0, 0.05) is 12.1 Å². The highest BCUT2D eigenvalue weighted by atomic mass is 16.1. The molecular formula is C14H19N3O. The molecule has 1 N–H and O–H groups in total. The van der Waals surface area contributed by atoms with Crippen LogP contribution in [0.5, 0.6) is 0 Å². The normalized spacial score (nSPS) is 10.1. The fourth-order valence-electron chi connectivity index (χ4n) is 1.55. The van der Waals surface area contributed by atoms with Crippen LogP contribution in [0.15, 0.2) is 24.3 Å². The summed E-state index contributed by atoms with van der Waals surface area (Å²) in [5.41, 5.74) is 1.17. The number of nitrogens with zero attached hydrogens (tertiary/aromatic N) is 2. The lowest BCUT2D eigenvalue weighted by Gasteiger charge is -2.09. The summed E-state index contributed by atoms with van der Waals surface area (Å²) in [4.78, 5) is 13.9. The maximum Gasteiger partial charge on any atom is 0.251 e. The van der Waals surface area contributed by atoms with Crippen molar-refractivity contribution in [2.24, 2.45) is 0 Å². The van der Waals surface area contributed by atoms with Crippen LogP contribution in [-0.2, 0) is 0 Å². The number of benzene rings is 1. The molecule has 0 bridgehead atoms. The quantitative estimate of drug-likeness (QED) is 0.775.